The van der Waals surface area contributed by atoms with Crippen molar-refractivity contribution in [1.29, 1.82) is 0 Å². The molecule has 0 radical (unpaired) electrons. The minimum absolute atomic E-state index is 1.15. The van der Waals surface area contributed by atoms with Crippen molar-refractivity contribution >= 4 is 76.2 Å². The lowest BCUT2D eigenvalue weighted by Gasteiger charge is -2.11. The molecule has 3 heteroatoms. The molecule has 0 atom stereocenters. The van der Waals surface area contributed by atoms with Gasteiger partial charge in [0.2, 0.25) is 0 Å². The van der Waals surface area contributed by atoms with E-state index in [0.29, 0.717) is 0 Å². The maximum Gasteiger partial charge on any atom is 0.0561 e. The first-order valence-corrected chi connectivity index (χ1v) is 21.1. The molecule has 3 nitrogen and oxygen atoms in total. The van der Waals surface area contributed by atoms with E-state index in [1.54, 1.807) is 0 Å². The maximum absolute atomic E-state index is 2.46. The van der Waals surface area contributed by atoms with Crippen LogP contribution in [0.5, 0.6) is 0 Å². The van der Waals surface area contributed by atoms with Gasteiger partial charge < -0.3 is 13.7 Å². The number of fused-ring (bicyclic) bond motifs is 13. The standard InChI is InChI=1S/C58H35N3/c1-3-14-38(15-4-1)59-51-24-11-9-20-43(51)45-29-28-40(34-55(45)59)61-52-25-12-10-21-44(52)48-32-36(26-30-53(48)61)37-27-31-54-50(33-37)58-47-23-13-22-46-41-18-7-8-19-42(41)49(57(46)47)35-56(58)60(54)39-16-5-2-6-17-39/h1-35H. The second-order valence-electron chi connectivity index (χ2n) is 16.5. The van der Waals surface area contributed by atoms with E-state index in [1.807, 2.05) is 0 Å². The van der Waals surface area contributed by atoms with Crippen LogP contribution in [0.4, 0.5) is 0 Å². The van der Waals surface area contributed by atoms with Crippen molar-refractivity contribution in [3.05, 3.63) is 212 Å². The van der Waals surface area contributed by atoms with Gasteiger partial charge in [-0.05, 0) is 123 Å². The molecule has 3 heterocycles. The molecule has 61 heavy (non-hydrogen) atoms. The van der Waals surface area contributed by atoms with Gasteiger partial charge in [0.05, 0.1) is 33.1 Å². The quantitative estimate of drug-likeness (QED) is 0.169. The molecule has 0 aliphatic heterocycles. The minimum atomic E-state index is 1.15. The molecular formula is C58H35N3. The lowest BCUT2D eigenvalue weighted by Crippen LogP contribution is -1.96. The van der Waals surface area contributed by atoms with Crippen LogP contribution in [0.1, 0.15) is 0 Å². The third kappa shape index (κ3) is 4.47. The fourth-order valence-electron chi connectivity index (χ4n) is 10.8. The molecule has 0 saturated carbocycles. The van der Waals surface area contributed by atoms with E-state index in [2.05, 4.69) is 226 Å². The highest BCUT2D eigenvalue weighted by atomic mass is 15.0. The number of para-hydroxylation sites is 4. The SMILES string of the molecule is c1ccc(-n2c3ccccc3c3ccc(-n4c5ccccc5c5cc(-c6ccc7c(c6)c6c8cccc9c8c(cc6n7-c6ccccc6)-c6ccccc6-9)ccc54)cc32)cc1. The van der Waals surface area contributed by atoms with Crippen molar-refractivity contribution in [2.75, 3.05) is 0 Å². The molecule has 0 N–H and O–H groups in total. The van der Waals surface area contributed by atoms with E-state index in [0.717, 1.165) is 11.4 Å². The molecule has 0 bridgehead atoms. The van der Waals surface area contributed by atoms with Crippen LogP contribution in [-0.4, -0.2) is 13.7 Å². The average molecular weight is 774 g/mol. The largest absolute Gasteiger partial charge is 0.309 e. The summed E-state index contributed by atoms with van der Waals surface area (Å²) < 4.78 is 7.31. The van der Waals surface area contributed by atoms with Gasteiger partial charge in [-0.15, -0.1) is 0 Å². The van der Waals surface area contributed by atoms with Crippen LogP contribution in [0, 0.1) is 0 Å². The Morgan fingerprint density at radius 1 is 0.213 bits per heavy atom. The van der Waals surface area contributed by atoms with Crippen LogP contribution < -0.4 is 0 Å². The molecule has 14 rings (SSSR count). The Morgan fingerprint density at radius 2 is 0.705 bits per heavy atom. The molecule has 0 unspecified atom stereocenters. The number of hydrogen-bond donors (Lipinski definition) is 0. The number of rotatable bonds is 4. The minimum Gasteiger partial charge on any atom is -0.309 e. The van der Waals surface area contributed by atoms with Crippen molar-refractivity contribution in [2.45, 2.75) is 0 Å². The number of hydrogen-bond acceptors (Lipinski definition) is 0. The van der Waals surface area contributed by atoms with Gasteiger partial charge >= 0.3 is 0 Å². The van der Waals surface area contributed by atoms with Crippen LogP contribution in [0.15, 0.2) is 212 Å². The predicted molar refractivity (Wildman–Crippen MR) is 257 cm³/mol. The molecule has 13 aromatic rings. The highest BCUT2D eigenvalue weighted by molar-refractivity contribution is 6.29. The second kappa shape index (κ2) is 12.2. The third-order valence-electron chi connectivity index (χ3n) is 13.3. The Hall–Kier alpha value is -8.14. The van der Waals surface area contributed by atoms with Crippen molar-refractivity contribution in [3.8, 4) is 50.4 Å². The summed E-state index contributed by atoms with van der Waals surface area (Å²) in [4.78, 5) is 0. The summed E-state index contributed by atoms with van der Waals surface area (Å²) in [5.41, 5.74) is 18.4. The highest BCUT2D eigenvalue weighted by Gasteiger charge is 2.26. The van der Waals surface area contributed by atoms with Crippen molar-refractivity contribution in [2.24, 2.45) is 0 Å². The summed E-state index contributed by atoms with van der Waals surface area (Å²) in [5.74, 6) is 0. The van der Waals surface area contributed by atoms with E-state index >= 15 is 0 Å². The van der Waals surface area contributed by atoms with E-state index < -0.39 is 0 Å². The third-order valence-corrected chi connectivity index (χ3v) is 13.3. The van der Waals surface area contributed by atoms with Gasteiger partial charge in [0.15, 0.2) is 0 Å². The highest BCUT2D eigenvalue weighted by Crippen LogP contribution is 2.51. The predicted octanol–water partition coefficient (Wildman–Crippen LogP) is 15.4. The monoisotopic (exact) mass is 773 g/mol. The zero-order valence-corrected chi connectivity index (χ0v) is 33.0. The molecule has 0 fully saturated rings. The van der Waals surface area contributed by atoms with E-state index in [-0.39, 0.29) is 0 Å². The van der Waals surface area contributed by atoms with Crippen molar-refractivity contribution in [1.82, 2.24) is 13.7 Å². The second-order valence-corrected chi connectivity index (χ2v) is 16.5. The Bertz CT molecular complexity index is 3970. The Labute approximate surface area is 351 Å². The number of aromatic nitrogens is 3. The molecule has 1 aliphatic rings. The first-order valence-electron chi connectivity index (χ1n) is 21.1. The first-order chi connectivity index (χ1) is 30.3. The molecule has 0 amide bonds. The smallest absolute Gasteiger partial charge is 0.0561 e. The number of benzene rings is 10. The zero-order chi connectivity index (χ0) is 39.8. The van der Waals surface area contributed by atoms with Crippen LogP contribution >= 0.6 is 0 Å². The van der Waals surface area contributed by atoms with Gasteiger partial charge in [0.1, 0.15) is 0 Å². The molecule has 282 valence electrons. The lowest BCUT2D eigenvalue weighted by atomic mass is 9.96. The first kappa shape index (κ1) is 32.8. The zero-order valence-electron chi connectivity index (χ0n) is 33.0. The summed E-state index contributed by atoms with van der Waals surface area (Å²) in [5, 5.41) is 10.2. The van der Waals surface area contributed by atoms with E-state index in [1.165, 1.54) is 115 Å². The fraction of sp³-hybridized carbons (Fsp3) is 0. The van der Waals surface area contributed by atoms with Crippen molar-refractivity contribution in [3.63, 3.8) is 0 Å². The summed E-state index contributed by atoms with van der Waals surface area (Å²) >= 11 is 0. The normalized spacial score (nSPS) is 12.3. The molecular weight excluding hydrogens is 739 g/mol. The van der Waals surface area contributed by atoms with Crippen LogP contribution in [0.25, 0.3) is 127 Å². The summed E-state index contributed by atoms with van der Waals surface area (Å²) in [7, 11) is 0. The van der Waals surface area contributed by atoms with Gasteiger partial charge in [-0.25, -0.2) is 0 Å². The molecule has 10 aromatic carbocycles. The van der Waals surface area contributed by atoms with Gasteiger partial charge in [-0.1, -0.05) is 133 Å². The summed E-state index contributed by atoms with van der Waals surface area (Å²) in [6.45, 7) is 0. The summed E-state index contributed by atoms with van der Waals surface area (Å²) in [6.07, 6.45) is 0. The average Bonchev–Trinajstić information content (AvgIpc) is 4.05. The molecule has 1 aliphatic carbocycles. The van der Waals surface area contributed by atoms with E-state index in [9.17, 15) is 0 Å². The number of nitrogens with zero attached hydrogens (tertiary/aromatic N) is 3. The van der Waals surface area contributed by atoms with Crippen LogP contribution in [-0.2, 0) is 0 Å². The van der Waals surface area contributed by atoms with E-state index in [4.69, 9.17) is 0 Å². The fourth-order valence-corrected chi connectivity index (χ4v) is 10.8. The Kier molecular flexibility index (Phi) is 6.56. The molecule has 0 spiro atoms. The van der Waals surface area contributed by atoms with Crippen LogP contribution in [0.3, 0.4) is 0 Å². The summed E-state index contributed by atoms with van der Waals surface area (Å²) in [6, 6.07) is 78.4. The van der Waals surface area contributed by atoms with Crippen LogP contribution in [0.2, 0.25) is 0 Å². The molecule has 3 aromatic heterocycles. The van der Waals surface area contributed by atoms with Gasteiger partial charge in [0, 0.05) is 49.4 Å². The van der Waals surface area contributed by atoms with Crippen molar-refractivity contribution < 1.29 is 0 Å². The van der Waals surface area contributed by atoms with Gasteiger partial charge in [-0.2, -0.15) is 0 Å². The Morgan fingerprint density at radius 3 is 1.41 bits per heavy atom. The topological polar surface area (TPSA) is 14.8 Å². The van der Waals surface area contributed by atoms with Gasteiger partial charge in [0.25, 0.3) is 0 Å². The Balaban J connectivity index is 0.992. The maximum atomic E-state index is 2.46. The lowest BCUT2D eigenvalue weighted by molar-refractivity contribution is 1.15. The van der Waals surface area contributed by atoms with Gasteiger partial charge in [-0.3, -0.25) is 0 Å². The molecule has 0 saturated heterocycles.